The van der Waals surface area contributed by atoms with E-state index in [0.29, 0.717) is 19.6 Å². The van der Waals surface area contributed by atoms with Crippen LogP contribution in [0.2, 0.25) is 0 Å². The molecule has 0 radical (unpaired) electrons. The van der Waals surface area contributed by atoms with E-state index >= 15 is 0 Å². The highest BCUT2D eigenvalue weighted by Crippen LogP contribution is 2.25. The molecule has 268 valence electrons. The predicted octanol–water partition coefficient (Wildman–Crippen LogP) is 13.8. The third kappa shape index (κ3) is 27.8. The van der Waals surface area contributed by atoms with Crippen LogP contribution in [0.15, 0.2) is 18.2 Å². The van der Waals surface area contributed by atoms with Crippen LogP contribution in [0.5, 0.6) is 11.5 Å². The Hall–Kier alpha value is -1.23. The van der Waals surface area contributed by atoms with E-state index in [2.05, 4.69) is 29.8 Å². The van der Waals surface area contributed by atoms with E-state index < -0.39 is 0 Å². The summed E-state index contributed by atoms with van der Waals surface area (Å²) in [5.41, 5.74) is 0.926. The maximum Gasteiger partial charge on any atom is 0.306 e. The molecule has 0 bridgehead atoms. The van der Waals surface area contributed by atoms with Gasteiger partial charge in [-0.25, -0.2) is 0 Å². The predicted molar refractivity (Wildman–Crippen MR) is 202 cm³/mol. The van der Waals surface area contributed by atoms with Crippen LogP contribution in [0, 0.1) is 0 Å². The van der Waals surface area contributed by atoms with Gasteiger partial charge in [-0.05, 0) is 37.0 Å². The van der Waals surface area contributed by atoms with Crippen LogP contribution < -0.4 is 9.47 Å². The number of carbonyl (C=O) groups is 1. The van der Waals surface area contributed by atoms with Gasteiger partial charge in [0.25, 0.3) is 0 Å². The highest BCUT2D eigenvalue weighted by molar-refractivity contribution is 9.09. The van der Waals surface area contributed by atoms with E-state index in [4.69, 9.17) is 14.2 Å². The summed E-state index contributed by atoms with van der Waals surface area (Å²) in [6, 6.07) is 5.99. The van der Waals surface area contributed by atoms with Crippen LogP contribution in [-0.2, 0) is 16.1 Å². The molecule has 1 aromatic carbocycles. The van der Waals surface area contributed by atoms with Crippen LogP contribution in [0.3, 0.4) is 0 Å². The van der Waals surface area contributed by atoms with Crippen molar-refractivity contribution in [3.63, 3.8) is 0 Å². The highest BCUT2D eigenvalue weighted by atomic mass is 79.9. The standard InChI is InChI=1S/C41H73BrO4/c1-3-5-7-9-11-13-15-16-17-18-19-20-22-24-26-28-33-45-40-35-38(37-46-41(43)30-29-31-42)34-39(36-40)44-32-27-25-23-21-14-12-10-8-6-4-2/h34-36H,3-33,37H2,1-2H3. The molecular formula is C41H73BrO4. The molecule has 0 aliphatic rings. The smallest absolute Gasteiger partial charge is 0.306 e. The topological polar surface area (TPSA) is 44.8 Å². The molecule has 0 saturated carbocycles. The fraction of sp³-hybridized carbons (Fsp3) is 0.829. The van der Waals surface area contributed by atoms with Crippen molar-refractivity contribution in [2.24, 2.45) is 0 Å². The summed E-state index contributed by atoms with van der Waals surface area (Å²) in [4.78, 5) is 12.1. The van der Waals surface area contributed by atoms with Crippen LogP contribution in [0.1, 0.15) is 199 Å². The lowest BCUT2D eigenvalue weighted by molar-refractivity contribution is -0.144. The molecule has 0 atom stereocenters. The van der Waals surface area contributed by atoms with Crippen molar-refractivity contribution in [2.75, 3.05) is 18.5 Å². The van der Waals surface area contributed by atoms with Crippen molar-refractivity contribution in [3.8, 4) is 11.5 Å². The zero-order chi connectivity index (χ0) is 33.2. The Kier molecular flexibility index (Phi) is 31.3. The quantitative estimate of drug-likeness (QED) is 0.0400. The molecule has 4 nitrogen and oxygen atoms in total. The Morgan fingerprint density at radius 1 is 0.500 bits per heavy atom. The zero-order valence-electron chi connectivity index (χ0n) is 30.4. The second-order valence-electron chi connectivity index (χ2n) is 13.4. The zero-order valence-corrected chi connectivity index (χ0v) is 32.0. The van der Waals surface area contributed by atoms with Crippen LogP contribution in [0.4, 0.5) is 0 Å². The van der Waals surface area contributed by atoms with Crippen molar-refractivity contribution >= 4 is 21.9 Å². The van der Waals surface area contributed by atoms with Crippen molar-refractivity contribution in [2.45, 2.75) is 200 Å². The number of benzene rings is 1. The number of hydrogen-bond acceptors (Lipinski definition) is 4. The number of ether oxygens (including phenoxy) is 3. The maximum atomic E-state index is 12.1. The molecule has 0 unspecified atom stereocenters. The molecule has 0 amide bonds. The third-order valence-electron chi connectivity index (χ3n) is 8.89. The lowest BCUT2D eigenvalue weighted by Gasteiger charge is -2.13. The number of rotatable bonds is 35. The Labute approximate surface area is 294 Å². The molecule has 1 aromatic rings. The van der Waals surface area contributed by atoms with Gasteiger partial charge in [-0.15, -0.1) is 0 Å². The van der Waals surface area contributed by atoms with Crippen molar-refractivity contribution < 1.29 is 19.0 Å². The van der Waals surface area contributed by atoms with Gasteiger partial charge in [0.15, 0.2) is 0 Å². The van der Waals surface area contributed by atoms with Crippen molar-refractivity contribution in [3.05, 3.63) is 23.8 Å². The average Bonchev–Trinajstić information content (AvgIpc) is 3.06. The van der Waals surface area contributed by atoms with Gasteiger partial charge >= 0.3 is 5.97 Å². The number of carbonyl (C=O) groups excluding carboxylic acids is 1. The average molecular weight is 710 g/mol. The van der Waals surface area contributed by atoms with E-state index in [1.165, 1.54) is 154 Å². The summed E-state index contributed by atoms with van der Waals surface area (Å²) >= 11 is 3.38. The minimum atomic E-state index is -0.160. The Balaban J connectivity index is 2.25. The van der Waals surface area contributed by atoms with E-state index in [-0.39, 0.29) is 12.6 Å². The molecule has 0 N–H and O–H groups in total. The van der Waals surface area contributed by atoms with E-state index in [1.54, 1.807) is 0 Å². The number of halogens is 1. The molecule has 0 aliphatic heterocycles. The van der Waals surface area contributed by atoms with Gasteiger partial charge in [-0.1, -0.05) is 184 Å². The maximum absolute atomic E-state index is 12.1. The van der Waals surface area contributed by atoms with Gasteiger partial charge in [0.2, 0.25) is 0 Å². The summed E-state index contributed by atoms with van der Waals surface area (Å²) in [6.07, 6.45) is 36.2. The molecule has 0 aromatic heterocycles. The van der Waals surface area contributed by atoms with Gasteiger partial charge in [0, 0.05) is 17.8 Å². The second kappa shape index (κ2) is 33.7. The van der Waals surface area contributed by atoms with Crippen molar-refractivity contribution in [1.29, 1.82) is 0 Å². The first-order valence-electron chi connectivity index (χ1n) is 19.8. The highest BCUT2D eigenvalue weighted by Gasteiger charge is 2.08. The summed E-state index contributed by atoms with van der Waals surface area (Å²) in [5.74, 6) is 1.46. The largest absolute Gasteiger partial charge is 0.493 e. The first-order chi connectivity index (χ1) is 22.7. The summed E-state index contributed by atoms with van der Waals surface area (Å²) in [7, 11) is 0. The summed E-state index contributed by atoms with van der Waals surface area (Å²) in [6.45, 7) is 6.25. The van der Waals surface area contributed by atoms with Crippen molar-refractivity contribution in [1.82, 2.24) is 0 Å². The molecule has 0 spiro atoms. The van der Waals surface area contributed by atoms with E-state index in [1.807, 2.05) is 18.2 Å². The Bertz CT molecular complexity index is 799. The SMILES string of the molecule is CCCCCCCCCCCCCCCCCCOc1cc(COC(=O)CCCBr)cc(OCCCCCCCCCCCC)c1. The molecule has 0 fully saturated rings. The molecular weight excluding hydrogens is 636 g/mol. The lowest BCUT2D eigenvalue weighted by atomic mass is 10.0. The Morgan fingerprint density at radius 3 is 1.20 bits per heavy atom. The van der Waals surface area contributed by atoms with Crippen LogP contribution >= 0.6 is 15.9 Å². The minimum absolute atomic E-state index is 0.160. The van der Waals surface area contributed by atoms with Gasteiger partial charge in [-0.2, -0.15) is 0 Å². The fourth-order valence-corrected chi connectivity index (χ4v) is 6.23. The first-order valence-corrected chi connectivity index (χ1v) is 20.9. The molecule has 0 saturated heterocycles. The van der Waals surface area contributed by atoms with Crippen LogP contribution in [-0.4, -0.2) is 24.5 Å². The minimum Gasteiger partial charge on any atom is -0.493 e. The Morgan fingerprint density at radius 2 is 0.848 bits per heavy atom. The van der Waals surface area contributed by atoms with Gasteiger partial charge in [0.1, 0.15) is 18.1 Å². The van der Waals surface area contributed by atoms with E-state index in [0.717, 1.165) is 41.7 Å². The number of hydrogen-bond donors (Lipinski definition) is 0. The summed E-state index contributed by atoms with van der Waals surface area (Å²) in [5, 5.41) is 0.807. The van der Waals surface area contributed by atoms with Crippen LogP contribution in [0.25, 0.3) is 0 Å². The lowest BCUT2D eigenvalue weighted by Crippen LogP contribution is -2.06. The first kappa shape index (κ1) is 42.8. The normalized spacial score (nSPS) is 11.2. The fourth-order valence-electron chi connectivity index (χ4n) is 5.95. The second-order valence-corrected chi connectivity index (χ2v) is 14.2. The number of alkyl halides is 1. The molecule has 0 heterocycles. The van der Waals surface area contributed by atoms with Gasteiger partial charge in [-0.3, -0.25) is 4.79 Å². The number of unbranched alkanes of at least 4 members (excludes halogenated alkanes) is 24. The third-order valence-corrected chi connectivity index (χ3v) is 9.45. The van der Waals surface area contributed by atoms with Gasteiger partial charge < -0.3 is 14.2 Å². The monoisotopic (exact) mass is 708 g/mol. The molecule has 1 rings (SSSR count). The molecule has 46 heavy (non-hydrogen) atoms. The molecule has 5 heteroatoms. The molecule has 0 aliphatic carbocycles. The van der Waals surface area contributed by atoms with E-state index in [9.17, 15) is 4.79 Å². The summed E-state index contributed by atoms with van der Waals surface area (Å²) < 4.78 is 17.8. The van der Waals surface area contributed by atoms with Gasteiger partial charge in [0.05, 0.1) is 13.2 Å². The number of esters is 1.